The number of hydrogen-bond acceptors (Lipinski definition) is 5. The second-order valence-electron chi connectivity index (χ2n) is 8.32. The van der Waals surface area contributed by atoms with E-state index in [4.69, 9.17) is 14.5 Å². The van der Waals surface area contributed by atoms with E-state index in [1.807, 2.05) is 27.7 Å². The number of ether oxygens (including phenoxy) is 2. The van der Waals surface area contributed by atoms with Gasteiger partial charge in [0.15, 0.2) is 5.96 Å². The third-order valence-corrected chi connectivity index (χ3v) is 4.15. The average Bonchev–Trinajstić information content (AvgIpc) is 2.58. The highest BCUT2D eigenvalue weighted by molar-refractivity contribution is 14.0. The summed E-state index contributed by atoms with van der Waals surface area (Å²) in [7, 11) is 0. The third-order valence-electron chi connectivity index (χ3n) is 4.15. The first-order valence-electron chi connectivity index (χ1n) is 9.96. The molecule has 0 bridgehead atoms. The van der Waals surface area contributed by atoms with Gasteiger partial charge in [0.2, 0.25) is 0 Å². The molecule has 1 rings (SSSR count). The number of amides is 1. The fraction of sp³-hybridized carbons (Fsp3) is 0.895. The van der Waals surface area contributed by atoms with Crippen LogP contribution in [0.2, 0.25) is 0 Å². The molecule has 0 spiro atoms. The largest absolute Gasteiger partial charge is 0.444 e. The Morgan fingerprint density at radius 3 is 2.25 bits per heavy atom. The second kappa shape index (κ2) is 13.4. The van der Waals surface area contributed by atoms with Gasteiger partial charge in [-0.05, 0) is 48.0 Å². The van der Waals surface area contributed by atoms with Crippen molar-refractivity contribution >= 4 is 36.0 Å². The highest BCUT2D eigenvalue weighted by Crippen LogP contribution is 2.16. The Morgan fingerprint density at radius 2 is 1.68 bits per heavy atom. The molecule has 0 atom stereocenters. The number of alkyl carbamates (subject to hydrolysis) is 1. The SMILES string of the molecule is CCNC(=NCC(C)(C)N1CCOCC1)NCCCNC(=O)OC(C)(C)C.I. The zero-order valence-corrected chi connectivity index (χ0v) is 20.7. The minimum atomic E-state index is -0.472. The summed E-state index contributed by atoms with van der Waals surface area (Å²) in [6.45, 7) is 18.3. The third kappa shape index (κ3) is 11.9. The molecule has 0 aromatic carbocycles. The minimum Gasteiger partial charge on any atom is -0.444 e. The van der Waals surface area contributed by atoms with E-state index in [1.54, 1.807) is 0 Å². The zero-order chi connectivity index (χ0) is 20.3. The monoisotopic (exact) mass is 513 g/mol. The minimum absolute atomic E-state index is 0. The molecule has 1 saturated heterocycles. The number of rotatable bonds is 8. The number of nitrogens with one attached hydrogen (secondary N) is 3. The van der Waals surface area contributed by atoms with Crippen molar-refractivity contribution in [2.24, 2.45) is 4.99 Å². The molecule has 1 amide bonds. The van der Waals surface area contributed by atoms with Crippen LogP contribution in [-0.4, -0.2) is 80.6 Å². The quantitative estimate of drug-likeness (QED) is 0.200. The Kier molecular flexibility index (Phi) is 13.0. The normalized spacial score (nSPS) is 16.1. The Labute approximate surface area is 187 Å². The van der Waals surface area contributed by atoms with Crippen LogP contribution >= 0.6 is 24.0 Å². The van der Waals surface area contributed by atoms with E-state index >= 15 is 0 Å². The Hall–Kier alpha value is -0.810. The van der Waals surface area contributed by atoms with Gasteiger partial charge in [-0.1, -0.05) is 0 Å². The summed E-state index contributed by atoms with van der Waals surface area (Å²) in [4.78, 5) is 18.8. The van der Waals surface area contributed by atoms with E-state index in [0.717, 1.165) is 51.8 Å². The van der Waals surface area contributed by atoms with Crippen molar-refractivity contribution in [3.05, 3.63) is 0 Å². The number of guanidine groups is 1. The number of morpholine rings is 1. The lowest BCUT2D eigenvalue weighted by molar-refractivity contribution is -0.00683. The van der Waals surface area contributed by atoms with Crippen LogP contribution in [0, 0.1) is 0 Å². The molecule has 1 heterocycles. The van der Waals surface area contributed by atoms with Crippen molar-refractivity contribution in [2.75, 3.05) is 52.5 Å². The van der Waals surface area contributed by atoms with Crippen LogP contribution in [0.1, 0.15) is 48.0 Å². The summed E-state index contributed by atoms with van der Waals surface area (Å²) in [5, 5.41) is 9.36. The van der Waals surface area contributed by atoms with Gasteiger partial charge in [0, 0.05) is 38.3 Å². The van der Waals surface area contributed by atoms with E-state index in [1.165, 1.54) is 0 Å². The first-order chi connectivity index (χ1) is 12.6. The first-order valence-corrected chi connectivity index (χ1v) is 9.96. The average molecular weight is 513 g/mol. The van der Waals surface area contributed by atoms with E-state index in [0.29, 0.717) is 13.1 Å². The van der Waals surface area contributed by atoms with Gasteiger partial charge in [-0.15, -0.1) is 24.0 Å². The molecular weight excluding hydrogens is 473 g/mol. The molecule has 1 aliphatic rings. The van der Waals surface area contributed by atoms with E-state index in [2.05, 4.69) is 34.7 Å². The number of nitrogens with zero attached hydrogens (tertiary/aromatic N) is 2. The molecular formula is C19H40IN5O3. The maximum Gasteiger partial charge on any atom is 0.407 e. The van der Waals surface area contributed by atoms with Gasteiger partial charge < -0.3 is 25.4 Å². The fourth-order valence-corrected chi connectivity index (χ4v) is 2.68. The molecule has 0 radical (unpaired) electrons. The van der Waals surface area contributed by atoms with Crippen molar-refractivity contribution in [2.45, 2.75) is 59.1 Å². The molecule has 1 aliphatic heterocycles. The standard InChI is InChI=1S/C19H39N5O3.HI/c1-7-20-16(21-9-8-10-22-17(25)27-18(2,3)4)23-15-19(5,6)24-11-13-26-14-12-24;/h7-15H2,1-6H3,(H,22,25)(H2,20,21,23);1H. The summed E-state index contributed by atoms with van der Waals surface area (Å²) in [5.74, 6) is 0.802. The molecule has 0 saturated carbocycles. The lowest BCUT2D eigenvalue weighted by Crippen LogP contribution is -2.52. The Bertz CT molecular complexity index is 475. The zero-order valence-electron chi connectivity index (χ0n) is 18.4. The van der Waals surface area contributed by atoms with Crippen molar-refractivity contribution in [1.29, 1.82) is 0 Å². The van der Waals surface area contributed by atoms with Gasteiger partial charge in [0.05, 0.1) is 19.8 Å². The van der Waals surface area contributed by atoms with Crippen molar-refractivity contribution < 1.29 is 14.3 Å². The Balaban J connectivity index is 0.00000729. The van der Waals surface area contributed by atoms with Crippen LogP contribution in [0.4, 0.5) is 4.79 Å². The number of hydrogen-bond donors (Lipinski definition) is 3. The molecule has 166 valence electrons. The van der Waals surface area contributed by atoms with Gasteiger partial charge in [-0.25, -0.2) is 4.79 Å². The van der Waals surface area contributed by atoms with Crippen LogP contribution in [0.15, 0.2) is 4.99 Å². The predicted octanol–water partition coefficient (Wildman–Crippen LogP) is 2.19. The fourth-order valence-electron chi connectivity index (χ4n) is 2.68. The van der Waals surface area contributed by atoms with Crippen molar-refractivity contribution in [1.82, 2.24) is 20.9 Å². The topological polar surface area (TPSA) is 87.2 Å². The maximum atomic E-state index is 11.6. The van der Waals surface area contributed by atoms with Gasteiger partial charge >= 0.3 is 6.09 Å². The van der Waals surface area contributed by atoms with Crippen LogP contribution in [0.3, 0.4) is 0 Å². The first kappa shape index (κ1) is 27.2. The van der Waals surface area contributed by atoms with Gasteiger partial charge in [0.1, 0.15) is 5.60 Å². The lowest BCUT2D eigenvalue weighted by Gasteiger charge is -2.39. The summed E-state index contributed by atoms with van der Waals surface area (Å²) in [6, 6.07) is 0. The van der Waals surface area contributed by atoms with Gasteiger partial charge in [-0.3, -0.25) is 9.89 Å². The van der Waals surface area contributed by atoms with Crippen LogP contribution in [0.5, 0.6) is 0 Å². The smallest absolute Gasteiger partial charge is 0.407 e. The highest BCUT2D eigenvalue weighted by atomic mass is 127. The molecule has 3 N–H and O–H groups in total. The predicted molar refractivity (Wildman–Crippen MR) is 125 cm³/mol. The molecule has 9 heteroatoms. The molecule has 8 nitrogen and oxygen atoms in total. The van der Waals surface area contributed by atoms with E-state index in [9.17, 15) is 4.79 Å². The summed E-state index contributed by atoms with van der Waals surface area (Å²) in [6.07, 6.45) is 0.409. The van der Waals surface area contributed by atoms with Crippen molar-refractivity contribution in [3.8, 4) is 0 Å². The van der Waals surface area contributed by atoms with E-state index in [-0.39, 0.29) is 35.6 Å². The number of aliphatic imine (C=N–C) groups is 1. The highest BCUT2D eigenvalue weighted by Gasteiger charge is 2.28. The maximum absolute atomic E-state index is 11.6. The summed E-state index contributed by atoms with van der Waals surface area (Å²) < 4.78 is 10.7. The summed E-state index contributed by atoms with van der Waals surface area (Å²) in [5.41, 5.74) is -0.481. The molecule has 0 aliphatic carbocycles. The van der Waals surface area contributed by atoms with Crippen LogP contribution < -0.4 is 16.0 Å². The number of halogens is 1. The van der Waals surface area contributed by atoms with Crippen LogP contribution in [0.25, 0.3) is 0 Å². The summed E-state index contributed by atoms with van der Waals surface area (Å²) >= 11 is 0. The van der Waals surface area contributed by atoms with Gasteiger partial charge in [-0.2, -0.15) is 0 Å². The molecule has 0 unspecified atom stereocenters. The lowest BCUT2D eigenvalue weighted by atomic mass is 10.0. The number of carbonyl (C=O) groups excluding carboxylic acids is 1. The molecule has 0 aromatic heterocycles. The number of carbonyl (C=O) groups is 1. The molecule has 1 fully saturated rings. The van der Waals surface area contributed by atoms with E-state index < -0.39 is 5.60 Å². The Morgan fingerprint density at radius 1 is 1.07 bits per heavy atom. The van der Waals surface area contributed by atoms with Crippen LogP contribution in [-0.2, 0) is 9.47 Å². The molecule has 28 heavy (non-hydrogen) atoms. The van der Waals surface area contributed by atoms with Crippen molar-refractivity contribution in [3.63, 3.8) is 0 Å². The molecule has 0 aromatic rings. The second-order valence-corrected chi connectivity index (χ2v) is 8.32. The van der Waals surface area contributed by atoms with Gasteiger partial charge in [0.25, 0.3) is 0 Å².